The molecule has 0 N–H and O–H groups in total. The van der Waals surface area contributed by atoms with Gasteiger partial charge in [0.2, 0.25) is 5.16 Å². The molecule has 0 atom stereocenters. The molecule has 18 heavy (non-hydrogen) atoms. The van der Waals surface area contributed by atoms with Crippen LogP contribution in [0.4, 0.5) is 0 Å². The number of thiazole rings is 1. The zero-order valence-electron chi connectivity index (χ0n) is 9.52. The van der Waals surface area contributed by atoms with E-state index in [0.717, 1.165) is 20.9 Å². The summed E-state index contributed by atoms with van der Waals surface area (Å²) < 4.78 is 2.65. The van der Waals surface area contributed by atoms with Crippen LogP contribution in [0.15, 0.2) is 45.2 Å². The third-order valence-corrected chi connectivity index (χ3v) is 4.21. The smallest absolute Gasteiger partial charge is 0.221 e. The lowest BCUT2D eigenvalue weighted by Crippen LogP contribution is -1.98. The van der Waals surface area contributed by atoms with Crippen LogP contribution in [0.5, 0.6) is 0 Å². The number of hydrogen-bond donors (Lipinski definition) is 0. The van der Waals surface area contributed by atoms with Gasteiger partial charge in [0.15, 0.2) is 4.34 Å². The van der Waals surface area contributed by atoms with Crippen LogP contribution in [-0.4, -0.2) is 25.2 Å². The highest BCUT2D eigenvalue weighted by molar-refractivity contribution is 8.00. The molecule has 0 amide bonds. The standard InChI is InChI=1S/C11H9N5S2/c1-8-7-17-11(12-8)18-10-13-14-15-16(10)9-5-3-2-4-6-9/h2-7H,1H3. The molecule has 3 aromatic rings. The SMILES string of the molecule is Cc1csc(Sc2nnnn2-c2ccccc2)n1. The Morgan fingerprint density at radius 1 is 1.22 bits per heavy atom. The van der Waals surface area contributed by atoms with Crippen molar-refractivity contribution < 1.29 is 0 Å². The Balaban J connectivity index is 1.93. The van der Waals surface area contributed by atoms with Gasteiger partial charge in [0, 0.05) is 11.1 Å². The zero-order chi connectivity index (χ0) is 12.4. The van der Waals surface area contributed by atoms with Crippen LogP contribution in [0.25, 0.3) is 5.69 Å². The number of benzene rings is 1. The highest BCUT2D eigenvalue weighted by Gasteiger charge is 2.11. The lowest BCUT2D eigenvalue weighted by Gasteiger charge is -2.01. The summed E-state index contributed by atoms with van der Waals surface area (Å²) in [7, 11) is 0. The second kappa shape index (κ2) is 4.87. The molecule has 0 spiro atoms. The Labute approximate surface area is 112 Å². The predicted molar refractivity (Wildman–Crippen MR) is 70.1 cm³/mol. The van der Waals surface area contributed by atoms with Gasteiger partial charge < -0.3 is 0 Å². The highest BCUT2D eigenvalue weighted by Crippen LogP contribution is 2.29. The molecule has 0 fully saturated rings. The van der Waals surface area contributed by atoms with Gasteiger partial charge in [-0.15, -0.1) is 16.4 Å². The maximum atomic E-state index is 4.39. The minimum absolute atomic E-state index is 0.718. The minimum atomic E-state index is 0.718. The Bertz CT molecular complexity index is 646. The first-order chi connectivity index (χ1) is 8.83. The molecule has 0 aliphatic carbocycles. The van der Waals surface area contributed by atoms with Gasteiger partial charge in [-0.05, 0) is 41.2 Å². The number of rotatable bonds is 3. The molecule has 0 aliphatic rings. The number of para-hydroxylation sites is 1. The fraction of sp³-hybridized carbons (Fsp3) is 0.0909. The second-order valence-corrected chi connectivity index (χ2v) is 5.64. The van der Waals surface area contributed by atoms with Crippen molar-refractivity contribution >= 4 is 23.1 Å². The fourth-order valence-electron chi connectivity index (χ4n) is 1.43. The molecule has 2 heterocycles. The van der Waals surface area contributed by atoms with Gasteiger partial charge in [-0.1, -0.05) is 18.2 Å². The summed E-state index contributed by atoms with van der Waals surface area (Å²) in [5.74, 6) is 0. The van der Waals surface area contributed by atoms with E-state index in [4.69, 9.17) is 0 Å². The monoisotopic (exact) mass is 275 g/mol. The molecule has 0 saturated carbocycles. The first-order valence-electron chi connectivity index (χ1n) is 5.27. The summed E-state index contributed by atoms with van der Waals surface area (Å²) in [6, 6.07) is 9.81. The van der Waals surface area contributed by atoms with Gasteiger partial charge in [-0.3, -0.25) is 0 Å². The zero-order valence-corrected chi connectivity index (χ0v) is 11.1. The predicted octanol–water partition coefficient (Wildman–Crippen LogP) is 2.58. The van der Waals surface area contributed by atoms with Gasteiger partial charge in [-0.2, -0.15) is 4.68 Å². The van der Waals surface area contributed by atoms with Crippen molar-refractivity contribution in [3.05, 3.63) is 41.4 Å². The molecule has 7 heteroatoms. The molecule has 0 bridgehead atoms. The maximum absolute atomic E-state index is 4.39. The molecule has 1 aromatic carbocycles. The van der Waals surface area contributed by atoms with Crippen LogP contribution >= 0.6 is 23.1 Å². The average Bonchev–Trinajstić information content (AvgIpc) is 3.00. The van der Waals surface area contributed by atoms with Gasteiger partial charge in [0.05, 0.1) is 5.69 Å². The first kappa shape index (κ1) is 11.4. The minimum Gasteiger partial charge on any atom is -0.235 e. The maximum Gasteiger partial charge on any atom is 0.221 e. The van der Waals surface area contributed by atoms with Crippen LogP contribution in [0, 0.1) is 6.92 Å². The normalized spacial score (nSPS) is 10.7. The van der Waals surface area contributed by atoms with Crippen LogP contribution in [0.3, 0.4) is 0 Å². The highest BCUT2D eigenvalue weighted by atomic mass is 32.2. The largest absolute Gasteiger partial charge is 0.235 e. The Kier molecular flexibility index (Phi) is 3.07. The van der Waals surface area contributed by atoms with E-state index in [0.29, 0.717) is 0 Å². The molecule has 0 radical (unpaired) electrons. The van der Waals surface area contributed by atoms with Crippen molar-refractivity contribution in [1.29, 1.82) is 0 Å². The second-order valence-electron chi connectivity index (χ2n) is 3.57. The third kappa shape index (κ3) is 2.27. The Morgan fingerprint density at radius 3 is 2.78 bits per heavy atom. The Morgan fingerprint density at radius 2 is 2.06 bits per heavy atom. The number of tetrazole rings is 1. The summed E-state index contributed by atoms with van der Waals surface area (Å²) in [5, 5.41) is 14.5. The Hall–Kier alpha value is -1.73. The van der Waals surface area contributed by atoms with E-state index in [1.165, 1.54) is 11.8 Å². The fourth-order valence-corrected chi connectivity index (χ4v) is 3.16. The quantitative estimate of drug-likeness (QED) is 0.735. The number of nitrogens with zero attached hydrogens (tertiary/aromatic N) is 5. The number of aryl methyl sites for hydroxylation is 1. The molecule has 5 nitrogen and oxygen atoms in total. The van der Waals surface area contributed by atoms with Crippen LogP contribution < -0.4 is 0 Å². The van der Waals surface area contributed by atoms with Gasteiger partial charge in [-0.25, -0.2) is 4.98 Å². The molecule has 0 saturated heterocycles. The first-order valence-corrected chi connectivity index (χ1v) is 6.96. The van der Waals surface area contributed by atoms with E-state index in [1.807, 2.05) is 42.6 Å². The van der Waals surface area contributed by atoms with Crippen molar-refractivity contribution in [3.8, 4) is 5.69 Å². The average molecular weight is 275 g/mol. The van der Waals surface area contributed by atoms with Crippen LogP contribution in [-0.2, 0) is 0 Å². The van der Waals surface area contributed by atoms with Crippen LogP contribution in [0.1, 0.15) is 5.69 Å². The van der Waals surface area contributed by atoms with E-state index < -0.39 is 0 Å². The third-order valence-electron chi connectivity index (χ3n) is 2.22. The van der Waals surface area contributed by atoms with Crippen molar-refractivity contribution in [1.82, 2.24) is 25.2 Å². The summed E-state index contributed by atoms with van der Waals surface area (Å²) in [4.78, 5) is 4.39. The summed E-state index contributed by atoms with van der Waals surface area (Å²) in [5.41, 5.74) is 1.96. The van der Waals surface area contributed by atoms with Crippen molar-refractivity contribution in [3.63, 3.8) is 0 Å². The summed E-state index contributed by atoms with van der Waals surface area (Å²) in [6.07, 6.45) is 0. The van der Waals surface area contributed by atoms with Gasteiger partial charge in [0.25, 0.3) is 0 Å². The lowest BCUT2D eigenvalue weighted by molar-refractivity contribution is 0.756. The van der Waals surface area contributed by atoms with Gasteiger partial charge >= 0.3 is 0 Å². The molecule has 90 valence electrons. The van der Waals surface area contributed by atoms with E-state index in [9.17, 15) is 0 Å². The van der Waals surface area contributed by atoms with E-state index in [2.05, 4.69) is 20.5 Å². The molecular formula is C11H9N5S2. The molecular weight excluding hydrogens is 266 g/mol. The van der Waals surface area contributed by atoms with Crippen LogP contribution in [0.2, 0.25) is 0 Å². The van der Waals surface area contributed by atoms with E-state index >= 15 is 0 Å². The topological polar surface area (TPSA) is 56.5 Å². The summed E-state index contributed by atoms with van der Waals surface area (Å²) in [6.45, 7) is 1.97. The lowest BCUT2D eigenvalue weighted by atomic mass is 10.3. The van der Waals surface area contributed by atoms with Crippen molar-refractivity contribution in [2.24, 2.45) is 0 Å². The summed E-state index contributed by atoms with van der Waals surface area (Å²) >= 11 is 3.07. The number of aromatic nitrogens is 5. The van der Waals surface area contributed by atoms with E-state index in [-0.39, 0.29) is 0 Å². The molecule has 2 aromatic heterocycles. The van der Waals surface area contributed by atoms with Gasteiger partial charge in [0.1, 0.15) is 0 Å². The molecule has 3 rings (SSSR count). The number of hydrogen-bond acceptors (Lipinski definition) is 6. The van der Waals surface area contributed by atoms with Crippen molar-refractivity contribution in [2.75, 3.05) is 0 Å². The van der Waals surface area contributed by atoms with E-state index in [1.54, 1.807) is 16.0 Å². The van der Waals surface area contributed by atoms with Crippen molar-refractivity contribution in [2.45, 2.75) is 16.4 Å². The molecule has 0 unspecified atom stereocenters. The molecule has 0 aliphatic heterocycles.